The van der Waals surface area contributed by atoms with E-state index in [1.807, 2.05) is 6.92 Å². The average molecular weight is 461 g/mol. The Morgan fingerprint density at radius 2 is 1.85 bits per heavy atom. The fourth-order valence-corrected chi connectivity index (χ4v) is 5.14. The largest absolute Gasteiger partial charge is 0.444 e. The van der Waals surface area contributed by atoms with Crippen LogP contribution in [0.15, 0.2) is 33.6 Å². The van der Waals surface area contributed by atoms with Crippen LogP contribution in [0.4, 0.5) is 4.79 Å². The molecule has 0 spiro atoms. The van der Waals surface area contributed by atoms with Crippen molar-refractivity contribution < 1.29 is 22.7 Å². The number of sulfone groups is 1. The van der Waals surface area contributed by atoms with Gasteiger partial charge in [-0.05, 0) is 55.8 Å². The van der Waals surface area contributed by atoms with Crippen molar-refractivity contribution in [3.05, 3.63) is 28.7 Å². The second-order valence-corrected chi connectivity index (χ2v) is 10.4. The molecule has 7 nitrogen and oxygen atoms in total. The Hall–Kier alpha value is -1.61. The number of hydrogen-bond donors (Lipinski definition) is 0. The zero-order valence-electron chi connectivity index (χ0n) is 15.9. The lowest BCUT2D eigenvalue weighted by Gasteiger charge is -2.40. The molecule has 1 atom stereocenters. The Morgan fingerprint density at radius 3 is 2.41 bits per heavy atom. The Labute approximate surface area is 168 Å². The first-order chi connectivity index (χ1) is 12.4. The normalized spacial score (nSPS) is 18.3. The molecule has 27 heavy (non-hydrogen) atoms. The van der Waals surface area contributed by atoms with Crippen molar-refractivity contribution in [2.75, 3.05) is 25.4 Å². The number of benzene rings is 1. The van der Waals surface area contributed by atoms with Crippen LogP contribution in [0.1, 0.15) is 27.7 Å². The highest BCUT2D eigenvalue weighted by molar-refractivity contribution is 9.10. The molecule has 0 radical (unpaired) electrons. The lowest BCUT2D eigenvalue weighted by atomic mass is 10.2. The summed E-state index contributed by atoms with van der Waals surface area (Å²) in [5.74, 6) is -1.07. The first kappa shape index (κ1) is 21.7. The minimum Gasteiger partial charge on any atom is -0.444 e. The SMILES string of the molecule is CC1CN(C(=O)CS(=O)(=O)c2ccccc2Br)CCN1C(=O)OC(C)(C)C. The first-order valence-electron chi connectivity index (χ1n) is 8.65. The number of rotatable bonds is 3. The summed E-state index contributed by atoms with van der Waals surface area (Å²) >= 11 is 3.21. The summed E-state index contributed by atoms with van der Waals surface area (Å²) in [6, 6.07) is 6.16. The maximum atomic E-state index is 12.6. The van der Waals surface area contributed by atoms with Gasteiger partial charge in [-0.3, -0.25) is 4.79 Å². The zero-order valence-corrected chi connectivity index (χ0v) is 18.3. The van der Waals surface area contributed by atoms with E-state index in [9.17, 15) is 18.0 Å². The molecule has 1 heterocycles. The van der Waals surface area contributed by atoms with Crippen molar-refractivity contribution in [3.8, 4) is 0 Å². The molecule has 1 fully saturated rings. The van der Waals surface area contributed by atoms with E-state index in [0.29, 0.717) is 11.0 Å². The van der Waals surface area contributed by atoms with Gasteiger partial charge in [-0.1, -0.05) is 12.1 Å². The Morgan fingerprint density at radius 1 is 1.22 bits per heavy atom. The summed E-state index contributed by atoms with van der Waals surface area (Å²) in [6.45, 7) is 8.03. The van der Waals surface area contributed by atoms with Crippen LogP contribution in [0.25, 0.3) is 0 Å². The fraction of sp³-hybridized carbons (Fsp3) is 0.556. The molecular formula is C18H25BrN2O5S. The Kier molecular flexibility index (Phi) is 6.57. The minimum atomic E-state index is -3.75. The molecule has 1 aromatic carbocycles. The molecule has 0 N–H and O–H groups in total. The summed E-state index contributed by atoms with van der Waals surface area (Å²) in [7, 11) is -3.75. The zero-order chi connectivity index (χ0) is 20.4. The molecule has 150 valence electrons. The first-order valence-corrected chi connectivity index (χ1v) is 11.1. The number of nitrogens with zero attached hydrogens (tertiary/aromatic N) is 2. The van der Waals surface area contributed by atoms with Gasteiger partial charge in [0.2, 0.25) is 5.91 Å². The summed E-state index contributed by atoms with van der Waals surface area (Å²) in [4.78, 5) is 27.9. The molecule has 1 unspecified atom stereocenters. The van der Waals surface area contributed by atoms with Crippen molar-refractivity contribution in [2.45, 2.75) is 44.2 Å². The second kappa shape index (κ2) is 8.18. The van der Waals surface area contributed by atoms with Gasteiger partial charge in [-0.25, -0.2) is 13.2 Å². The monoisotopic (exact) mass is 460 g/mol. The van der Waals surface area contributed by atoms with E-state index in [2.05, 4.69) is 15.9 Å². The smallest absolute Gasteiger partial charge is 0.410 e. The third-order valence-electron chi connectivity index (χ3n) is 4.09. The molecule has 1 saturated heterocycles. The summed E-state index contributed by atoms with van der Waals surface area (Å²) in [5, 5.41) is 0. The van der Waals surface area contributed by atoms with Crippen LogP contribution in [0.5, 0.6) is 0 Å². The van der Waals surface area contributed by atoms with Crippen molar-refractivity contribution in [2.24, 2.45) is 0 Å². The molecule has 0 saturated carbocycles. The summed E-state index contributed by atoms with van der Waals surface area (Å²) < 4.78 is 30.9. The number of ether oxygens (including phenoxy) is 1. The predicted octanol–water partition coefficient (Wildman–Crippen LogP) is 2.69. The van der Waals surface area contributed by atoms with Crippen LogP contribution >= 0.6 is 15.9 Å². The van der Waals surface area contributed by atoms with Gasteiger partial charge in [0.25, 0.3) is 0 Å². The number of hydrogen-bond acceptors (Lipinski definition) is 5. The highest BCUT2D eigenvalue weighted by Crippen LogP contribution is 2.23. The van der Waals surface area contributed by atoms with Gasteiger partial charge in [0.05, 0.1) is 4.90 Å². The lowest BCUT2D eigenvalue weighted by Crippen LogP contribution is -2.57. The number of carbonyl (C=O) groups is 2. The number of halogens is 1. The quantitative estimate of drug-likeness (QED) is 0.691. The molecule has 0 aromatic heterocycles. The van der Waals surface area contributed by atoms with Gasteiger partial charge >= 0.3 is 6.09 Å². The van der Waals surface area contributed by atoms with Crippen LogP contribution in [0.3, 0.4) is 0 Å². The van der Waals surface area contributed by atoms with Gasteiger partial charge < -0.3 is 14.5 Å². The van der Waals surface area contributed by atoms with Gasteiger partial charge in [0.15, 0.2) is 9.84 Å². The molecule has 0 bridgehead atoms. The molecule has 9 heteroatoms. The van der Waals surface area contributed by atoms with E-state index in [0.717, 1.165) is 0 Å². The lowest BCUT2D eigenvalue weighted by molar-refractivity contribution is -0.131. The van der Waals surface area contributed by atoms with Crippen LogP contribution in [0.2, 0.25) is 0 Å². The third kappa shape index (κ3) is 5.68. The van der Waals surface area contributed by atoms with Gasteiger partial charge in [0, 0.05) is 30.1 Å². The summed E-state index contributed by atoms with van der Waals surface area (Å²) in [5.41, 5.74) is -0.596. The van der Waals surface area contributed by atoms with E-state index in [-0.39, 0.29) is 24.0 Å². The highest BCUT2D eigenvalue weighted by Gasteiger charge is 2.34. The molecule has 2 rings (SSSR count). The van der Waals surface area contributed by atoms with Crippen molar-refractivity contribution >= 4 is 37.8 Å². The van der Waals surface area contributed by atoms with Crippen molar-refractivity contribution in [1.29, 1.82) is 0 Å². The van der Waals surface area contributed by atoms with Crippen molar-refractivity contribution in [3.63, 3.8) is 0 Å². The van der Waals surface area contributed by atoms with Gasteiger partial charge in [-0.2, -0.15) is 0 Å². The Bertz CT molecular complexity index is 819. The molecular weight excluding hydrogens is 436 g/mol. The van der Waals surface area contributed by atoms with E-state index in [1.165, 1.54) is 11.0 Å². The number of piperazine rings is 1. The Balaban J connectivity index is 2.02. The third-order valence-corrected chi connectivity index (χ3v) is 6.70. The molecule has 2 amide bonds. The van der Waals surface area contributed by atoms with Crippen molar-refractivity contribution in [1.82, 2.24) is 9.80 Å². The van der Waals surface area contributed by atoms with Gasteiger partial charge in [0.1, 0.15) is 11.4 Å². The van der Waals surface area contributed by atoms with Crippen LogP contribution < -0.4 is 0 Å². The number of amides is 2. The fourth-order valence-electron chi connectivity index (χ4n) is 2.80. The number of carbonyl (C=O) groups excluding carboxylic acids is 2. The molecule has 1 aliphatic heterocycles. The molecule has 0 aliphatic carbocycles. The second-order valence-electron chi connectivity index (χ2n) is 7.55. The summed E-state index contributed by atoms with van der Waals surface area (Å²) in [6.07, 6.45) is -0.428. The highest BCUT2D eigenvalue weighted by atomic mass is 79.9. The molecule has 1 aliphatic rings. The standard InChI is InChI=1S/C18H25BrN2O5S/c1-13-11-20(9-10-21(13)17(23)26-18(2,3)4)16(22)12-27(24,25)15-8-6-5-7-14(15)19/h5-8,13H,9-12H2,1-4H3. The maximum Gasteiger partial charge on any atom is 0.410 e. The topological polar surface area (TPSA) is 84.0 Å². The minimum absolute atomic E-state index is 0.0961. The van der Waals surface area contributed by atoms with Gasteiger partial charge in [-0.15, -0.1) is 0 Å². The maximum absolute atomic E-state index is 12.6. The van der Waals surface area contributed by atoms with E-state index < -0.39 is 33.2 Å². The predicted molar refractivity (Wildman–Crippen MR) is 105 cm³/mol. The van der Waals surface area contributed by atoms with E-state index in [4.69, 9.17) is 4.74 Å². The molecule has 1 aromatic rings. The van der Waals surface area contributed by atoms with Crippen LogP contribution in [-0.2, 0) is 19.4 Å². The van der Waals surface area contributed by atoms with Crippen LogP contribution in [0, 0.1) is 0 Å². The van der Waals surface area contributed by atoms with E-state index >= 15 is 0 Å². The van der Waals surface area contributed by atoms with Crippen LogP contribution in [-0.4, -0.2) is 67.2 Å². The van der Waals surface area contributed by atoms with E-state index in [1.54, 1.807) is 43.9 Å². The average Bonchev–Trinajstić information content (AvgIpc) is 2.52.